The summed E-state index contributed by atoms with van der Waals surface area (Å²) in [4.78, 5) is 26.3. The molecular formula is C25H22FN5O2. The highest BCUT2D eigenvalue weighted by molar-refractivity contribution is 5.99. The SMILES string of the molecule is O=C([C@@H]1CCCN(c2ncnc3onc(-c4ccc(F)cc4)c23)C1)N1CCc2ccccc21. The van der Waals surface area contributed by atoms with Crippen LogP contribution in [0.15, 0.2) is 59.4 Å². The molecule has 2 aliphatic heterocycles. The highest BCUT2D eigenvalue weighted by Gasteiger charge is 2.34. The summed E-state index contributed by atoms with van der Waals surface area (Å²) in [5.74, 6) is 0.423. The van der Waals surface area contributed by atoms with E-state index >= 15 is 0 Å². The van der Waals surface area contributed by atoms with Crippen molar-refractivity contribution in [2.24, 2.45) is 5.92 Å². The molecule has 0 unspecified atom stereocenters. The molecule has 7 nitrogen and oxygen atoms in total. The first-order valence-corrected chi connectivity index (χ1v) is 11.2. The van der Waals surface area contributed by atoms with E-state index in [1.54, 1.807) is 12.1 Å². The second-order valence-electron chi connectivity index (χ2n) is 8.57. The smallest absolute Gasteiger partial charge is 0.263 e. The Bertz CT molecular complexity index is 1340. The maximum absolute atomic E-state index is 13.5. The second-order valence-corrected chi connectivity index (χ2v) is 8.57. The van der Waals surface area contributed by atoms with Crippen LogP contribution in [0.2, 0.25) is 0 Å². The average Bonchev–Trinajstić information content (AvgIpc) is 3.49. The lowest BCUT2D eigenvalue weighted by molar-refractivity contribution is -0.122. The quantitative estimate of drug-likeness (QED) is 0.472. The van der Waals surface area contributed by atoms with Crippen LogP contribution in [0.3, 0.4) is 0 Å². The van der Waals surface area contributed by atoms with Gasteiger partial charge in [-0.15, -0.1) is 0 Å². The van der Waals surface area contributed by atoms with Crippen LogP contribution in [0.1, 0.15) is 18.4 Å². The fourth-order valence-corrected chi connectivity index (χ4v) is 4.97. The molecule has 4 aromatic rings. The minimum atomic E-state index is -0.316. The number of rotatable bonds is 3. The van der Waals surface area contributed by atoms with Crippen molar-refractivity contribution in [1.82, 2.24) is 15.1 Å². The molecule has 2 aromatic heterocycles. The molecule has 33 heavy (non-hydrogen) atoms. The van der Waals surface area contributed by atoms with Crippen molar-refractivity contribution in [2.75, 3.05) is 29.4 Å². The number of fused-ring (bicyclic) bond motifs is 2. The van der Waals surface area contributed by atoms with Gasteiger partial charge in [0.05, 0.1) is 5.92 Å². The third kappa shape index (κ3) is 3.42. The van der Waals surface area contributed by atoms with Crippen LogP contribution in [0.5, 0.6) is 0 Å². The number of hydrogen-bond donors (Lipinski definition) is 0. The molecule has 0 aliphatic carbocycles. The summed E-state index contributed by atoms with van der Waals surface area (Å²) in [6, 6.07) is 14.2. The first-order valence-electron chi connectivity index (χ1n) is 11.2. The maximum atomic E-state index is 13.5. The fourth-order valence-electron chi connectivity index (χ4n) is 4.97. The van der Waals surface area contributed by atoms with Crippen LogP contribution in [0, 0.1) is 11.7 Å². The molecule has 2 aliphatic rings. The van der Waals surface area contributed by atoms with Crippen LogP contribution >= 0.6 is 0 Å². The third-order valence-electron chi connectivity index (χ3n) is 6.59. The van der Waals surface area contributed by atoms with Gasteiger partial charge in [-0.2, -0.15) is 4.98 Å². The van der Waals surface area contributed by atoms with Gasteiger partial charge < -0.3 is 14.3 Å². The molecule has 1 amide bonds. The van der Waals surface area contributed by atoms with Crippen molar-refractivity contribution in [1.29, 1.82) is 0 Å². The van der Waals surface area contributed by atoms with Gasteiger partial charge >= 0.3 is 0 Å². The van der Waals surface area contributed by atoms with Gasteiger partial charge in [0.1, 0.15) is 29.0 Å². The number of amides is 1. The Kier molecular flexibility index (Phi) is 4.78. The number of anilines is 2. The Morgan fingerprint density at radius 2 is 1.91 bits per heavy atom. The van der Waals surface area contributed by atoms with Crippen molar-refractivity contribution in [3.63, 3.8) is 0 Å². The summed E-state index contributed by atoms with van der Waals surface area (Å²) in [6.07, 6.45) is 4.08. The van der Waals surface area contributed by atoms with Gasteiger partial charge in [0, 0.05) is 30.9 Å². The summed E-state index contributed by atoms with van der Waals surface area (Å²) in [7, 11) is 0. The molecule has 1 fully saturated rings. The minimum Gasteiger partial charge on any atom is -0.355 e. The van der Waals surface area contributed by atoms with E-state index in [9.17, 15) is 9.18 Å². The number of carbonyl (C=O) groups is 1. The second kappa shape index (κ2) is 7.95. The lowest BCUT2D eigenvalue weighted by atomic mass is 9.96. The molecule has 8 heteroatoms. The Hall–Kier alpha value is -3.81. The van der Waals surface area contributed by atoms with Crippen LogP contribution in [-0.2, 0) is 11.2 Å². The largest absolute Gasteiger partial charge is 0.355 e. The van der Waals surface area contributed by atoms with Gasteiger partial charge in [-0.25, -0.2) is 9.37 Å². The molecule has 166 valence electrons. The van der Waals surface area contributed by atoms with Crippen LogP contribution in [0.4, 0.5) is 15.9 Å². The molecule has 6 rings (SSSR count). The van der Waals surface area contributed by atoms with Gasteiger partial charge in [-0.3, -0.25) is 4.79 Å². The lowest BCUT2D eigenvalue weighted by Gasteiger charge is -2.35. The first-order chi connectivity index (χ1) is 16.2. The number of benzene rings is 2. The van der Waals surface area contributed by atoms with Crippen molar-refractivity contribution in [2.45, 2.75) is 19.3 Å². The Balaban J connectivity index is 1.32. The molecular weight excluding hydrogens is 421 g/mol. The first kappa shape index (κ1) is 19.8. The van der Waals surface area contributed by atoms with E-state index in [1.807, 2.05) is 23.1 Å². The highest BCUT2D eigenvalue weighted by atomic mass is 19.1. The Morgan fingerprint density at radius 3 is 2.79 bits per heavy atom. The fraction of sp³-hybridized carbons (Fsp3) is 0.280. The van der Waals surface area contributed by atoms with E-state index in [0.717, 1.165) is 43.6 Å². The third-order valence-corrected chi connectivity index (χ3v) is 6.59. The van der Waals surface area contributed by atoms with Crippen LogP contribution in [0.25, 0.3) is 22.4 Å². The van der Waals surface area contributed by atoms with Gasteiger partial charge in [-0.1, -0.05) is 23.4 Å². The van der Waals surface area contributed by atoms with E-state index in [1.165, 1.54) is 24.0 Å². The van der Waals surface area contributed by atoms with E-state index in [0.29, 0.717) is 29.2 Å². The van der Waals surface area contributed by atoms with Crippen molar-refractivity contribution >= 4 is 28.5 Å². The number of piperidine rings is 1. The molecule has 0 radical (unpaired) electrons. The summed E-state index contributed by atoms with van der Waals surface area (Å²) >= 11 is 0. The molecule has 2 aromatic carbocycles. The average molecular weight is 443 g/mol. The topological polar surface area (TPSA) is 75.4 Å². The molecule has 4 heterocycles. The maximum Gasteiger partial charge on any atom is 0.263 e. The zero-order valence-corrected chi connectivity index (χ0v) is 17.9. The standard InChI is InChI=1S/C25H22FN5O2/c26-19-9-7-17(8-10-19)22-21-23(27-15-28-24(21)33-29-22)30-12-3-5-18(14-30)25(32)31-13-11-16-4-1-2-6-20(16)31/h1-2,4,6-10,15,18H,3,5,11-14H2/t18-/m1/s1. The minimum absolute atomic E-state index is 0.121. The molecule has 0 saturated carbocycles. The summed E-state index contributed by atoms with van der Waals surface area (Å²) in [5.41, 5.74) is 3.93. The van der Waals surface area contributed by atoms with Gasteiger partial charge in [0.15, 0.2) is 0 Å². The van der Waals surface area contributed by atoms with Gasteiger partial charge in [0.2, 0.25) is 5.91 Å². The van der Waals surface area contributed by atoms with Crippen molar-refractivity contribution in [3.8, 4) is 11.3 Å². The monoisotopic (exact) mass is 443 g/mol. The lowest BCUT2D eigenvalue weighted by Crippen LogP contribution is -2.45. The van der Waals surface area contributed by atoms with Crippen molar-refractivity contribution < 1.29 is 13.7 Å². The zero-order chi connectivity index (χ0) is 22.4. The highest BCUT2D eigenvalue weighted by Crippen LogP contribution is 2.36. The summed E-state index contributed by atoms with van der Waals surface area (Å²) < 4.78 is 18.9. The molecule has 1 saturated heterocycles. The normalized spacial score (nSPS) is 18.0. The van der Waals surface area contributed by atoms with Crippen molar-refractivity contribution in [3.05, 3.63) is 66.2 Å². The number of aromatic nitrogens is 3. The zero-order valence-electron chi connectivity index (χ0n) is 17.9. The molecule has 0 N–H and O–H groups in total. The van der Waals surface area contributed by atoms with E-state index in [2.05, 4.69) is 26.1 Å². The molecule has 1 atom stereocenters. The molecule has 0 bridgehead atoms. The Labute approximate surface area is 189 Å². The number of para-hydroxylation sites is 1. The summed E-state index contributed by atoms with van der Waals surface area (Å²) in [6.45, 7) is 2.07. The van der Waals surface area contributed by atoms with Crippen LogP contribution < -0.4 is 9.80 Å². The van der Waals surface area contributed by atoms with E-state index < -0.39 is 0 Å². The number of nitrogens with zero attached hydrogens (tertiary/aromatic N) is 5. The van der Waals surface area contributed by atoms with E-state index in [4.69, 9.17) is 4.52 Å². The van der Waals surface area contributed by atoms with Gasteiger partial charge in [0.25, 0.3) is 5.71 Å². The van der Waals surface area contributed by atoms with E-state index in [-0.39, 0.29) is 17.6 Å². The van der Waals surface area contributed by atoms with Crippen LogP contribution in [-0.4, -0.2) is 40.7 Å². The number of hydrogen-bond acceptors (Lipinski definition) is 6. The number of carbonyl (C=O) groups excluding carboxylic acids is 1. The summed E-state index contributed by atoms with van der Waals surface area (Å²) in [5, 5.41) is 4.88. The predicted octanol–water partition coefficient (Wildman–Crippen LogP) is 4.23. The molecule has 0 spiro atoms. The number of halogens is 1. The predicted molar refractivity (Wildman–Crippen MR) is 122 cm³/mol. The van der Waals surface area contributed by atoms with Gasteiger partial charge in [-0.05, 0) is 55.2 Å². The Morgan fingerprint density at radius 1 is 1.06 bits per heavy atom.